The SMILES string of the molecule is CC(=O)CCl.CC(=O)COC(=O)c1cc2occc2[nH]1.CCCCC.CCCCCC.CCCCCCC.O=C(O)c1cc2occc2[nH]1. The third kappa shape index (κ3) is 24.9. The zero-order valence-corrected chi connectivity index (χ0v) is 31.8. The van der Waals surface area contributed by atoms with Crippen molar-refractivity contribution < 1.29 is 37.9 Å². The van der Waals surface area contributed by atoms with Crippen molar-refractivity contribution in [3.05, 3.63) is 48.2 Å². The Hall–Kier alpha value is -3.79. The number of Topliss-reactive ketones (excluding diaryl/α,β-unsaturated/α-hetero) is 2. The molecule has 49 heavy (non-hydrogen) atoms. The normalized spacial score (nSPS) is 9.65. The van der Waals surface area contributed by atoms with Gasteiger partial charge in [0.05, 0.1) is 29.4 Å². The average molecular weight is 709 g/mol. The Labute approximate surface area is 297 Å². The molecule has 0 aromatic carbocycles. The zero-order valence-electron chi connectivity index (χ0n) is 31.0. The Morgan fingerprint density at radius 1 is 0.653 bits per heavy atom. The van der Waals surface area contributed by atoms with Gasteiger partial charge in [0.25, 0.3) is 0 Å². The van der Waals surface area contributed by atoms with E-state index < -0.39 is 11.9 Å². The molecule has 0 radical (unpaired) electrons. The van der Waals surface area contributed by atoms with Crippen molar-refractivity contribution in [2.24, 2.45) is 0 Å². The second-order valence-electron chi connectivity index (χ2n) is 11.3. The molecule has 0 spiro atoms. The maximum absolute atomic E-state index is 11.4. The lowest BCUT2D eigenvalue weighted by Gasteiger charge is -1.98. The average Bonchev–Trinajstić information content (AvgIpc) is 3.87. The molecule has 0 saturated carbocycles. The third-order valence-corrected chi connectivity index (χ3v) is 6.77. The molecule has 3 N–H and O–H groups in total. The van der Waals surface area contributed by atoms with E-state index in [2.05, 4.69) is 51.5 Å². The van der Waals surface area contributed by atoms with Crippen LogP contribution in [0.5, 0.6) is 0 Å². The molecule has 0 fully saturated rings. The fourth-order valence-corrected chi connectivity index (χ4v) is 3.70. The van der Waals surface area contributed by atoms with E-state index in [1.807, 2.05) is 0 Å². The number of alkyl halides is 1. The molecule has 10 nitrogen and oxygen atoms in total. The molecule has 0 unspecified atom stereocenters. The summed E-state index contributed by atoms with van der Waals surface area (Å²) in [6, 6.07) is 6.38. The molecule has 4 heterocycles. The number of aromatic amines is 2. The summed E-state index contributed by atoms with van der Waals surface area (Å²) in [5, 5.41) is 8.53. The van der Waals surface area contributed by atoms with Gasteiger partial charge in [0.15, 0.2) is 16.9 Å². The second-order valence-corrected chi connectivity index (χ2v) is 11.6. The Balaban J connectivity index is 0. The molecule has 0 aliphatic carbocycles. The van der Waals surface area contributed by atoms with Crippen LogP contribution in [0.1, 0.15) is 153 Å². The molecule has 4 aromatic heterocycles. The number of unbranched alkanes of at least 4 members (excludes halogenated alkanes) is 9. The third-order valence-electron chi connectivity index (χ3n) is 6.40. The number of hydrogen-bond donors (Lipinski definition) is 3. The molecule has 0 amide bonds. The summed E-state index contributed by atoms with van der Waals surface area (Å²) in [6.07, 6.45) is 19.6. The number of ketones is 2. The van der Waals surface area contributed by atoms with Gasteiger partial charge in [0.2, 0.25) is 0 Å². The van der Waals surface area contributed by atoms with E-state index in [9.17, 15) is 19.2 Å². The van der Waals surface area contributed by atoms with Crippen LogP contribution in [0.25, 0.3) is 22.2 Å². The van der Waals surface area contributed by atoms with Crippen molar-refractivity contribution in [2.45, 2.75) is 132 Å². The number of fused-ring (bicyclic) bond motifs is 2. The standard InChI is InChI=1S/C10H9NO4.C7H5NO3.C7H16.C6H14.C5H12.C3H5ClO/c1-6(12)5-15-10(13)8-4-9-7(11-8)2-3-14-9;9-7(10)5-3-6-4(8-5)1-2-11-6;1-3-5-7-6-4-2;1-3-5-6-4-2;1-3-5-4-2;1-3(5)2-4/h2-4,11H,5H2,1H3;1-3,8H,(H,9,10);3-7H2,1-2H3;3-6H2,1-2H3;3-5H2,1-2H3;2H2,1H3. The summed E-state index contributed by atoms with van der Waals surface area (Å²) >= 11 is 4.99. The molecule has 4 aromatic rings. The maximum Gasteiger partial charge on any atom is 0.355 e. The molecular weight excluding hydrogens is 648 g/mol. The van der Waals surface area contributed by atoms with Gasteiger partial charge >= 0.3 is 11.9 Å². The maximum atomic E-state index is 11.4. The quantitative estimate of drug-likeness (QED) is 0.0663. The van der Waals surface area contributed by atoms with Gasteiger partial charge in [-0.05, 0) is 13.8 Å². The fraction of sp³-hybridized carbons (Fsp3) is 0.579. The lowest BCUT2D eigenvalue weighted by Crippen LogP contribution is -2.11. The number of carboxylic acids is 1. The van der Waals surface area contributed by atoms with Gasteiger partial charge in [0.1, 0.15) is 23.8 Å². The van der Waals surface area contributed by atoms with Crippen LogP contribution in [0.15, 0.2) is 45.6 Å². The predicted octanol–water partition coefficient (Wildman–Crippen LogP) is 11.5. The topological polar surface area (TPSA) is 156 Å². The summed E-state index contributed by atoms with van der Waals surface area (Å²) < 4.78 is 14.7. The lowest BCUT2D eigenvalue weighted by molar-refractivity contribution is -0.120. The van der Waals surface area contributed by atoms with Crippen LogP contribution in [0.2, 0.25) is 0 Å². The van der Waals surface area contributed by atoms with Crippen LogP contribution in [0, 0.1) is 0 Å². The van der Waals surface area contributed by atoms with Crippen LogP contribution in [0.3, 0.4) is 0 Å². The molecule has 278 valence electrons. The van der Waals surface area contributed by atoms with Gasteiger partial charge in [-0.1, -0.05) is 119 Å². The Bertz CT molecular complexity index is 1330. The van der Waals surface area contributed by atoms with Crippen LogP contribution in [-0.2, 0) is 14.3 Å². The second kappa shape index (κ2) is 31.5. The van der Waals surface area contributed by atoms with E-state index in [1.165, 1.54) is 116 Å². The number of hydrogen-bond acceptors (Lipinski definition) is 7. The van der Waals surface area contributed by atoms with Gasteiger partial charge in [-0.3, -0.25) is 9.59 Å². The first-order valence-corrected chi connectivity index (χ1v) is 18.1. The van der Waals surface area contributed by atoms with Crippen LogP contribution < -0.4 is 0 Å². The number of carbonyl (C=O) groups is 4. The van der Waals surface area contributed by atoms with E-state index in [0.717, 1.165) is 5.52 Å². The zero-order chi connectivity index (χ0) is 37.5. The largest absolute Gasteiger partial charge is 0.477 e. The summed E-state index contributed by atoms with van der Waals surface area (Å²) in [6.45, 7) is 16.0. The van der Waals surface area contributed by atoms with Gasteiger partial charge in [-0.2, -0.15) is 0 Å². The molecule has 11 heteroatoms. The number of aromatic nitrogens is 2. The van der Waals surface area contributed by atoms with Crippen molar-refractivity contribution in [3.8, 4) is 0 Å². The van der Waals surface area contributed by atoms with Crippen LogP contribution in [0.4, 0.5) is 0 Å². The van der Waals surface area contributed by atoms with Crippen molar-refractivity contribution in [2.75, 3.05) is 12.5 Å². The number of ether oxygens (including phenoxy) is 1. The molecular formula is C38H61ClN2O8. The summed E-state index contributed by atoms with van der Waals surface area (Å²) in [4.78, 5) is 47.5. The number of halogens is 1. The predicted molar refractivity (Wildman–Crippen MR) is 200 cm³/mol. The summed E-state index contributed by atoms with van der Waals surface area (Å²) in [5.41, 5.74) is 3.03. The van der Waals surface area contributed by atoms with E-state index in [-0.39, 0.29) is 35.4 Å². The number of aromatic carboxylic acids is 1. The van der Waals surface area contributed by atoms with Gasteiger partial charge in [-0.15, -0.1) is 11.6 Å². The van der Waals surface area contributed by atoms with Gasteiger partial charge in [-0.25, -0.2) is 9.59 Å². The molecule has 0 atom stereocenters. The van der Waals surface area contributed by atoms with Gasteiger partial charge in [0, 0.05) is 24.3 Å². The minimum atomic E-state index is -0.976. The monoisotopic (exact) mass is 708 g/mol. The van der Waals surface area contributed by atoms with Crippen LogP contribution >= 0.6 is 11.6 Å². The molecule has 0 aliphatic heterocycles. The van der Waals surface area contributed by atoms with E-state index in [4.69, 9.17) is 30.3 Å². The van der Waals surface area contributed by atoms with E-state index >= 15 is 0 Å². The summed E-state index contributed by atoms with van der Waals surface area (Å²) in [5.74, 6) is -1.57. The van der Waals surface area contributed by atoms with Crippen LogP contribution in [-0.4, -0.2) is 51.1 Å². The number of carboxylic acid groups (broad SMARTS) is 1. The lowest BCUT2D eigenvalue weighted by atomic mass is 10.2. The highest BCUT2D eigenvalue weighted by molar-refractivity contribution is 6.27. The minimum absolute atomic E-state index is 0.0201. The Kier molecular flexibility index (Phi) is 30.4. The van der Waals surface area contributed by atoms with Gasteiger partial charge < -0.3 is 28.6 Å². The van der Waals surface area contributed by atoms with Crippen molar-refractivity contribution in [3.63, 3.8) is 0 Å². The number of carbonyl (C=O) groups excluding carboxylic acids is 3. The number of rotatable bonds is 14. The van der Waals surface area contributed by atoms with Crippen molar-refractivity contribution in [1.82, 2.24) is 9.97 Å². The van der Waals surface area contributed by atoms with E-state index in [0.29, 0.717) is 16.7 Å². The minimum Gasteiger partial charge on any atom is -0.477 e. The first-order chi connectivity index (χ1) is 23.4. The van der Waals surface area contributed by atoms with Crippen molar-refractivity contribution >= 4 is 57.3 Å². The summed E-state index contributed by atoms with van der Waals surface area (Å²) in [7, 11) is 0. The highest BCUT2D eigenvalue weighted by Crippen LogP contribution is 2.17. The highest BCUT2D eigenvalue weighted by Gasteiger charge is 2.13. The number of furan rings is 2. The number of esters is 1. The molecule has 0 saturated heterocycles. The van der Waals surface area contributed by atoms with E-state index in [1.54, 1.807) is 12.1 Å². The Morgan fingerprint density at radius 3 is 1.37 bits per heavy atom. The first-order valence-electron chi connectivity index (χ1n) is 17.5. The molecule has 0 bridgehead atoms. The first kappa shape index (κ1) is 47.3. The number of nitrogens with one attached hydrogen (secondary N) is 2. The Morgan fingerprint density at radius 2 is 1.04 bits per heavy atom. The van der Waals surface area contributed by atoms with Crippen molar-refractivity contribution in [1.29, 1.82) is 0 Å². The molecule has 0 aliphatic rings. The molecule has 4 rings (SSSR count). The smallest absolute Gasteiger partial charge is 0.355 e. The number of H-pyrrole nitrogens is 2. The fourth-order valence-electron chi connectivity index (χ4n) is 3.70. The highest BCUT2D eigenvalue weighted by atomic mass is 35.5.